The summed E-state index contributed by atoms with van der Waals surface area (Å²) in [6.07, 6.45) is 11.8. The van der Waals surface area contributed by atoms with Crippen LogP contribution >= 0.6 is 0 Å². The lowest BCUT2D eigenvalue weighted by molar-refractivity contribution is 0.317. The first-order valence-corrected chi connectivity index (χ1v) is 11.5. The molecule has 1 saturated heterocycles. The van der Waals surface area contributed by atoms with Gasteiger partial charge in [0.15, 0.2) is 19.0 Å². The SMILES string of the molecule is C1CCCC1.CC#CCOc1ncnc(F)c1F.CC#CCOc1ncnc(N2CCCC2)c1F. The van der Waals surface area contributed by atoms with E-state index in [0.717, 1.165) is 32.3 Å². The second kappa shape index (κ2) is 16.2. The normalized spacial score (nSPS) is 13.7. The van der Waals surface area contributed by atoms with Gasteiger partial charge in [0.25, 0.3) is 17.7 Å². The Bertz CT molecular complexity index is 1030. The molecule has 0 spiro atoms. The number of hydrogen-bond donors (Lipinski definition) is 0. The van der Waals surface area contributed by atoms with Gasteiger partial charge in [0.2, 0.25) is 11.6 Å². The van der Waals surface area contributed by atoms with E-state index in [1.165, 1.54) is 38.4 Å². The van der Waals surface area contributed by atoms with Crippen molar-refractivity contribution in [3.63, 3.8) is 0 Å². The molecular weight excluding hydrogens is 459 g/mol. The Balaban J connectivity index is 0.000000211. The molecule has 0 bridgehead atoms. The van der Waals surface area contributed by atoms with Crippen LogP contribution < -0.4 is 14.4 Å². The zero-order chi connectivity index (χ0) is 25.3. The Morgan fingerprint density at radius 1 is 0.714 bits per heavy atom. The predicted molar refractivity (Wildman–Crippen MR) is 126 cm³/mol. The van der Waals surface area contributed by atoms with Crippen molar-refractivity contribution in [3.8, 4) is 35.4 Å². The summed E-state index contributed by atoms with van der Waals surface area (Å²) < 4.78 is 49.1. The molecule has 1 aliphatic heterocycles. The summed E-state index contributed by atoms with van der Waals surface area (Å²) in [6, 6.07) is 0. The molecule has 4 rings (SSSR count). The first-order valence-electron chi connectivity index (χ1n) is 11.5. The van der Waals surface area contributed by atoms with Gasteiger partial charge in [-0.25, -0.2) is 9.97 Å². The number of halogens is 3. The average molecular weight is 490 g/mol. The summed E-state index contributed by atoms with van der Waals surface area (Å²) in [5, 5.41) is 0. The molecule has 0 aromatic carbocycles. The molecule has 0 atom stereocenters. The van der Waals surface area contributed by atoms with E-state index in [1.54, 1.807) is 13.8 Å². The van der Waals surface area contributed by atoms with Gasteiger partial charge in [0, 0.05) is 13.1 Å². The van der Waals surface area contributed by atoms with Crippen LogP contribution in [-0.2, 0) is 0 Å². The molecular formula is C25H30F3N5O2. The van der Waals surface area contributed by atoms with Gasteiger partial charge in [-0.1, -0.05) is 43.9 Å². The van der Waals surface area contributed by atoms with Crippen molar-refractivity contribution in [2.45, 2.75) is 58.8 Å². The molecule has 10 heteroatoms. The molecule has 3 heterocycles. The van der Waals surface area contributed by atoms with E-state index in [1.807, 2.05) is 4.90 Å². The maximum atomic E-state index is 14.0. The molecule has 2 aliphatic rings. The maximum Gasteiger partial charge on any atom is 0.257 e. The van der Waals surface area contributed by atoms with E-state index in [9.17, 15) is 13.2 Å². The summed E-state index contributed by atoms with van der Waals surface area (Å²) >= 11 is 0. The Morgan fingerprint density at radius 2 is 1.20 bits per heavy atom. The van der Waals surface area contributed by atoms with Gasteiger partial charge in [-0.05, 0) is 26.7 Å². The second-order valence-corrected chi connectivity index (χ2v) is 7.49. The third kappa shape index (κ3) is 9.70. The zero-order valence-electron chi connectivity index (χ0n) is 20.1. The monoisotopic (exact) mass is 489 g/mol. The molecule has 188 valence electrons. The van der Waals surface area contributed by atoms with Gasteiger partial charge in [0.1, 0.15) is 12.7 Å². The molecule has 35 heavy (non-hydrogen) atoms. The quantitative estimate of drug-likeness (QED) is 0.444. The number of aromatic nitrogens is 4. The van der Waals surface area contributed by atoms with Crippen molar-refractivity contribution in [1.29, 1.82) is 0 Å². The van der Waals surface area contributed by atoms with Gasteiger partial charge in [0.05, 0.1) is 0 Å². The first-order chi connectivity index (χ1) is 17.1. The Morgan fingerprint density at radius 3 is 1.71 bits per heavy atom. The molecule has 2 fully saturated rings. The third-order valence-corrected chi connectivity index (χ3v) is 5.03. The number of rotatable bonds is 5. The Kier molecular flexibility index (Phi) is 12.8. The van der Waals surface area contributed by atoms with Crippen molar-refractivity contribution < 1.29 is 22.6 Å². The summed E-state index contributed by atoms with van der Waals surface area (Å²) in [6.45, 7) is 5.10. The van der Waals surface area contributed by atoms with Crippen LogP contribution in [0.5, 0.6) is 11.8 Å². The first kappa shape index (κ1) is 27.7. The lowest BCUT2D eigenvalue weighted by Gasteiger charge is -2.17. The van der Waals surface area contributed by atoms with Gasteiger partial charge in [-0.15, -0.1) is 11.8 Å². The maximum absolute atomic E-state index is 14.0. The molecule has 7 nitrogen and oxygen atoms in total. The van der Waals surface area contributed by atoms with E-state index in [0.29, 0.717) is 5.82 Å². The average Bonchev–Trinajstić information content (AvgIpc) is 3.61. The standard InChI is InChI=1S/C12H14FN3O.C8H6F2N2O.C5H10/c1-2-3-8-17-12-10(13)11(14-9-15-12)16-6-4-5-7-16;1-2-3-4-13-8-6(9)7(10)11-5-12-8;1-2-4-5-3-1/h9H,4-8H2,1H3;5H,4H2,1H3;1-5H2. The lowest BCUT2D eigenvalue weighted by atomic mass is 10.4. The molecule has 0 N–H and O–H groups in total. The van der Waals surface area contributed by atoms with Crippen molar-refractivity contribution in [2.75, 3.05) is 31.2 Å². The summed E-state index contributed by atoms with van der Waals surface area (Å²) in [5.74, 6) is 7.41. The lowest BCUT2D eigenvalue weighted by Crippen LogP contribution is -2.21. The molecule has 1 aliphatic carbocycles. The summed E-state index contributed by atoms with van der Waals surface area (Å²) in [5.41, 5.74) is 0. The summed E-state index contributed by atoms with van der Waals surface area (Å²) in [7, 11) is 0. The van der Waals surface area contributed by atoms with Crippen LogP contribution in [0.1, 0.15) is 58.8 Å². The fourth-order valence-electron chi connectivity index (χ4n) is 3.27. The minimum atomic E-state index is -1.23. The van der Waals surface area contributed by atoms with Gasteiger partial charge in [-0.3, -0.25) is 0 Å². The Labute approximate surface area is 204 Å². The fraction of sp³-hybridized carbons (Fsp3) is 0.520. The van der Waals surface area contributed by atoms with Crippen molar-refractivity contribution >= 4 is 5.82 Å². The molecule has 0 amide bonds. The minimum Gasteiger partial charge on any atom is -0.462 e. The summed E-state index contributed by atoms with van der Waals surface area (Å²) in [4.78, 5) is 16.1. The fourth-order valence-corrected chi connectivity index (χ4v) is 3.27. The van der Waals surface area contributed by atoms with Crippen LogP contribution in [0.3, 0.4) is 0 Å². The van der Waals surface area contributed by atoms with Gasteiger partial charge < -0.3 is 14.4 Å². The molecule has 0 unspecified atom stereocenters. The number of anilines is 1. The number of hydrogen-bond acceptors (Lipinski definition) is 7. The van der Waals surface area contributed by atoms with Crippen molar-refractivity contribution in [2.24, 2.45) is 0 Å². The largest absolute Gasteiger partial charge is 0.462 e. The third-order valence-electron chi connectivity index (χ3n) is 5.03. The smallest absolute Gasteiger partial charge is 0.257 e. The van der Waals surface area contributed by atoms with E-state index in [4.69, 9.17) is 9.47 Å². The van der Waals surface area contributed by atoms with Crippen molar-refractivity contribution in [3.05, 3.63) is 30.2 Å². The number of ether oxygens (including phenoxy) is 2. The van der Waals surface area contributed by atoms with Gasteiger partial charge >= 0.3 is 0 Å². The highest BCUT2D eigenvalue weighted by Gasteiger charge is 2.21. The van der Waals surface area contributed by atoms with E-state index in [2.05, 4.69) is 43.6 Å². The van der Waals surface area contributed by atoms with E-state index < -0.39 is 23.5 Å². The molecule has 2 aromatic heterocycles. The van der Waals surface area contributed by atoms with Crippen LogP contribution in [-0.4, -0.2) is 46.2 Å². The highest BCUT2D eigenvalue weighted by Crippen LogP contribution is 2.25. The van der Waals surface area contributed by atoms with E-state index in [-0.39, 0.29) is 19.1 Å². The van der Waals surface area contributed by atoms with Crippen LogP contribution in [0.25, 0.3) is 0 Å². The van der Waals surface area contributed by atoms with Crippen molar-refractivity contribution in [1.82, 2.24) is 19.9 Å². The molecule has 0 radical (unpaired) electrons. The zero-order valence-corrected chi connectivity index (χ0v) is 20.1. The minimum absolute atomic E-state index is 0.0235. The number of nitrogens with zero attached hydrogens (tertiary/aromatic N) is 5. The highest BCUT2D eigenvalue weighted by atomic mass is 19.2. The molecule has 2 aromatic rings. The van der Waals surface area contributed by atoms with Crippen LogP contribution in [0.2, 0.25) is 0 Å². The van der Waals surface area contributed by atoms with Crippen LogP contribution in [0, 0.1) is 41.3 Å². The second-order valence-electron chi connectivity index (χ2n) is 7.49. The van der Waals surface area contributed by atoms with Crippen LogP contribution in [0.15, 0.2) is 12.7 Å². The van der Waals surface area contributed by atoms with Crippen LogP contribution in [0.4, 0.5) is 19.0 Å². The van der Waals surface area contributed by atoms with Gasteiger partial charge in [-0.2, -0.15) is 23.1 Å². The predicted octanol–water partition coefficient (Wildman–Crippen LogP) is 4.73. The molecule has 1 saturated carbocycles. The topological polar surface area (TPSA) is 73.3 Å². The van der Waals surface area contributed by atoms with E-state index >= 15 is 0 Å². The Hall–Kier alpha value is -3.53. The highest BCUT2D eigenvalue weighted by molar-refractivity contribution is 5.43.